The highest BCUT2D eigenvalue weighted by Crippen LogP contribution is 2.21. The number of likely N-dealkylation sites (tertiary alicyclic amines) is 1. The fraction of sp³-hybridized carbons (Fsp3) is 0.643. The number of nitrogens with one attached hydrogen (secondary N) is 1. The molecule has 0 spiro atoms. The van der Waals surface area contributed by atoms with E-state index >= 15 is 0 Å². The summed E-state index contributed by atoms with van der Waals surface area (Å²) in [5.41, 5.74) is 1.79. The topological polar surface area (TPSA) is 62.3 Å². The number of nitrogens with zero attached hydrogens (tertiary/aromatic N) is 2. The Balaban J connectivity index is 1.83. The van der Waals surface area contributed by atoms with Crippen molar-refractivity contribution in [3.8, 4) is 0 Å². The zero-order valence-corrected chi connectivity index (χ0v) is 13.0. The van der Waals surface area contributed by atoms with Gasteiger partial charge in [-0.15, -0.1) is 11.3 Å². The Labute approximate surface area is 123 Å². The first-order chi connectivity index (χ1) is 9.38. The third-order valence-electron chi connectivity index (χ3n) is 3.42. The minimum absolute atomic E-state index is 0.119. The van der Waals surface area contributed by atoms with Gasteiger partial charge in [0.1, 0.15) is 5.69 Å². The smallest absolute Gasteiger partial charge is 0.270 e. The Bertz CT molecular complexity index is 471. The average molecular weight is 295 g/mol. The molecule has 2 heterocycles. The molecule has 1 saturated heterocycles. The molecule has 20 heavy (non-hydrogen) atoms. The Morgan fingerprint density at radius 3 is 2.50 bits per heavy atom. The number of aromatic nitrogens is 1. The van der Waals surface area contributed by atoms with Gasteiger partial charge in [0.25, 0.3) is 5.91 Å². The lowest BCUT2D eigenvalue weighted by molar-refractivity contribution is -0.140. The van der Waals surface area contributed by atoms with E-state index in [1.54, 1.807) is 10.9 Å². The Kier molecular flexibility index (Phi) is 4.42. The summed E-state index contributed by atoms with van der Waals surface area (Å²) in [7, 11) is 0. The van der Waals surface area contributed by atoms with Crippen LogP contribution in [0.1, 0.15) is 44.1 Å². The van der Waals surface area contributed by atoms with E-state index in [0.717, 1.165) is 12.8 Å². The van der Waals surface area contributed by atoms with Crippen molar-refractivity contribution in [2.24, 2.45) is 5.41 Å². The molecule has 0 aliphatic carbocycles. The molecule has 1 aromatic rings. The van der Waals surface area contributed by atoms with Gasteiger partial charge < -0.3 is 10.2 Å². The van der Waals surface area contributed by atoms with Crippen LogP contribution >= 0.6 is 11.3 Å². The Morgan fingerprint density at radius 1 is 1.35 bits per heavy atom. The number of hydrogen-bond acceptors (Lipinski definition) is 4. The molecule has 1 fully saturated rings. The van der Waals surface area contributed by atoms with Crippen LogP contribution in [-0.4, -0.2) is 40.8 Å². The first-order valence-corrected chi connectivity index (χ1v) is 7.80. The molecule has 5 nitrogen and oxygen atoms in total. The molecule has 6 heteroatoms. The van der Waals surface area contributed by atoms with Gasteiger partial charge in [-0.2, -0.15) is 0 Å². The molecule has 0 aromatic carbocycles. The second kappa shape index (κ2) is 5.91. The van der Waals surface area contributed by atoms with Crippen molar-refractivity contribution in [2.75, 3.05) is 13.1 Å². The van der Waals surface area contributed by atoms with E-state index in [4.69, 9.17) is 0 Å². The van der Waals surface area contributed by atoms with Crippen LogP contribution in [0.3, 0.4) is 0 Å². The van der Waals surface area contributed by atoms with E-state index in [-0.39, 0.29) is 23.3 Å². The maximum Gasteiger partial charge on any atom is 0.270 e. The van der Waals surface area contributed by atoms with Crippen LogP contribution in [0.25, 0.3) is 0 Å². The van der Waals surface area contributed by atoms with Crippen LogP contribution in [0.15, 0.2) is 10.9 Å². The summed E-state index contributed by atoms with van der Waals surface area (Å²) in [5.74, 6) is 0.0635. The predicted molar refractivity (Wildman–Crippen MR) is 78.6 cm³/mol. The summed E-state index contributed by atoms with van der Waals surface area (Å²) in [6.45, 7) is 7.22. The van der Waals surface area contributed by atoms with E-state index in [1.807, 2.05) is 25.7 Å². The van der Waals surface area contributed by atoms with Crippen molar-refractivity contribution >= 4 is 23.2 Å². The first kappa shape index (κ1) is 15.0. The zero-order chi connectivity index (χ0) is 14.8. The van der Waals surface area contributed by atoms with Gasteiger partial charge >= 0.3 is 0 Å². The summed E-state index contributed by atoms with van der Waals surface area (Å²) in [6.07, 6.45) is 1.61. The highest BCUT2D eigenvalue weighted by Gasteiger charge is 2.30. The van der Waals surface area contributed by atoms with Crippen LogP contribution in [0.5, 0.6) is 0 Å². The van der Waals surface area contributed by atoms with E-state index < -0.39 is 0 Å². The van der Waals surface area contributed by atoms with Gasteiger partial charge in [0.2, 0.25) is 5.91 Å². The van der Waals surface area contributed by atoms with Crippen molar-refractivity contribution in [1.82, 2.24) is 15.2 Å². The minimum atomic E-state index is -0.337. The number of carbonyl (C=O) groups excluding carboxylic acids is 2. The van der Waals surface area contributed by atoms with E-state index in [2.05, 4.69) is 10.3 Å². The molecule has 1 aromatic heterocycles. The molecule has 0 unspecified atom stereocenters. The van der Waals surface area contributed by atoms with Gasteiger partial charge in [-0.1, -0.05) is 20.8 Å². The summed E-state index contributed by atoms with van der Waals surface area (Å²) >= 11 is 1.41. The molecule has 2 amide bonds. The minimum Gasteiger partial charge on any atom is -0.348 e. The number of amides is 2. The third-order valence-corrected chi connectivity index (χ3v) is 4.01. The van der Waals surface area contributed by atoms with Crippen molar-refractivity contribution in [2.45, 2.75) is 39.7 Å². The van der Waals surface area contributed by atoms with Gasteiger partial charge in [-0.25, -0.2) is 4.98 Å². The summed E-state index contributed by atoms with van der Waals surface area (Å²) < 4.78 is 0. The third kappa shape index (κ3) is 3.56. The molecular formula is C14H21N3O2S. The number of carbonyl (C=O) groups is 2. The first-order valence-electron chi connectivity index (χ1n) is 6.86. The van der Waals surface area contributed by atoms with Gasteiger partial charge in [-0.3, -0.25) is 9.59 Å². The molecule has 2 rings (SSSR count). The van der Waals surface area contributed by atoms with Gasteiger partial charge in [-0.05, 0) is 12.8 Å². The molecule has 0 saturated carbocycles. The molecule has 0 atom stereocenters. The molecule has 110 valence electrons. The highest BCUT2D eigenvalue weighted by molar-refractivity contribution is 7.07. The quantitative estimate of drug-likeness (QED) is 0.906. The number of rotatable bonds is 2. The molecule has 0 radical (unpaired) electrons. The Morgan fingerprint density at radius 2 is 2.00 bits per heavy atom. The monoisotopic (exact) mass is 295 g/mol. The zero-order valence-electron chi connectivity index (χ0n) is 12.2. The fourth-order valence-electron chi connectivity index (χ4n) is 2.29. The summed E-state index contributed by atoms with van der Waals surface area (Å²) in [5, 5.41) is 4.73. The normalized spacial score (nSPS) is 17.1. The fourth-order valence-corrected chi connectivity index (χ4v) is 2.82. The number of piperidine rings is 1. The lowest BCUT2D eigenvalue weighted by atomic mass is 9.93. The number of hydrogen-bond donors (Lipinski definition) is 1. The molecular weight excluding hydrogens is 274 g/mol. The van der Waals surface area contributed by atoms with Gasteiger partial charge in [0.15, 0.2) is 0 Å². The molecule has 1 aliphatic rings. The van der Waals surface area contributed by atoms with Crippen LogP contribution in [0.2, 0.25) is 0 Å². The lowest BCUT2D eigenvalue weighted by Gasteiger charge is -2.35. The standard InChI is InChI=1S/C14H21N3O2S/c1-14(2,3)13(19)17-6-4-10(5-7-17)16-12(18)11-8-20-9-15-11/h8-10H,4-7H2,1-3H3,(H,16,18). The lowest BCUT2D eigenvalue weighted by Crippen LogP contribution is -2.49. The largest absolute Gasteiger partial charge is 0.348 e. The van der Waals surface area contributed by atoms with Crippen molar-refractivity contribution in [3.05, 3.63) is 16.6 Å². The van der Waals surface area contributed by atoms with Crippen LogP contribution in [0, 0.1) is 5.41 Å². The van der Waals surface area contributed by atoms with E-state index in [9.17, 15) is 9.59 Å². The highest BCUT2D eigenvalue weighted by atomic mass is 32.1. The van der Waals surface area contributed by atoms with Crippen LogP contribution in [-0.2, 0) is 4.79 Å². The van der Waals surface area contributed by atoms with Crippen molar-refractivity contribution in [3.63, 3.8) is 0 Å². The van der Waals surface area contributed by atoms with E-state index in [0.29, 0.717) is 18.8 Å². The maximum absolute atomic E-state index is 12.2. The number of thiazole rings is 1. The summed E-state index contributed by atoms with van der Waals surface area (Å²) in [6, 6.07) is 0.133. The second-order valence-electron chi connectivity index (χ2n) is 6.16. The van der Waals surface area contributed by atoms with Crippen LogP contribution in [0.4, 0.5) is 0 Å². The molecule has 0 bridgehead atoms. The van der Waals surface area contributed by atoms with E-state index in [1.165, 1.54) is 11.3 Å². The Hall–Kier alpha value is -1.43. The summed E-state index contributed by atoms with van der Waals surface area (Å²) in [4.78, 5) is 30.0. The van der Waals surface area contributed by atoms with Crippen molar-refractivity contribution in [1.29, 1.82) is 0 Å². The molecule has 1 N–H and O–H groups in total. The van der Waals surface area contributed by atoms with Gasteiger partial charge in [0.05, 0.1) is 5.51 Å². The average Bonchev–Trinajstić information content (AvgIpc) is 2.91. The van der Waals surface area contributed by atoms with Crippen LogP contribution < -0.4 is 5.32 Å². The molecule has 1 aliphatic heterocycles. The van der Waals surface area contributed by atoms with Gasteiger partial charge in [0, 0.05) is 29.9 Å². The second-order valence-corrected chi connectivity index (χ2v) is 6.88. The predicted octanol–water partition coefficient (Wildman–Crippen LogP) is 1.91. The van der Waals surface area contributed by atoms with Crippen molar-refractivity contribution < 1.29 is 9.59 Å². The maximum atomic E-state index is 12.2. The SMILES string of the molecule is CC(C)(C)C(=O)N1CCC(NC(=O)c2cscn2)CC1.